The molecule has 1 N–H and O–H groups in total. The highest BCUT2D eigenvalue weighted by atomic mass is 32.1. The Bertz CT molecular complexity index is 983. The number of rotatable bonds is 7. The zero-order valence-corrected chi connectivity index (χ0v) is 17.8. The third kappa shape index (κ3) is 4.54. The number of benzene rings is 1. The molecule has 3 heterocycles. The minimum atomic E-state index is -0.392. The van der Waals surface area contributed by atoms with Crippen LogP contribution in [0.15, 0.2) is 41.8 Å². The number of hydrogen-bond donors (Lipinski definition) is 1. The number of aromatic nitrogens is 2. The van der Waals surface area contributed by atoms with E-state index < -0.39 is 5.92 Å². The van der Waals surface area contributed by atoms with Gasteiger partial charge in [0.2, 0.25) is 16.9 Å². The molecule has 1 unspecified atom stereocenters. The smallest absolute Gasteiger partial charge is 0.231 e. The lowest BCUT2D eigenvalue weighted by atomic mass is 10.1. The molecule has 1 aliphatic rings. The van der Waals surface area contributed by atoms with E-state index in [1.807, 2.05) is 29.6 Å². The molecule has 1 aliphatic heterocycles. The molecule has 1 atom stereocenters. The molecule has 0 bridgehead atoms. The fraction of sp³-hybridized carbons (Fsp3) is 0.333. The number of thiophene rings is 1. The summed E-state index contributed by atoms with van der Waals surface area (Å²) in [6.07, 6.45) is 3.57. The van der Waals surface area contributed by atoms with Crippen LogP contribution >= 0.6 is 22.7 Å². The molecule has 1 fully saturated rings. The lowest BCUT2D eigenvalue weighted by Crippen LogP contribution is -2.28. The second-order valence-corrected chi connectivity index (χ2v) is 8.98. The molecular weight excluding hydrogens is 404 g/mol. The van der Waals surface area contributed by atoms with Crippen molar-refractivity contribution in [2.45, 2.75) is 32.6 Å². The second kappa shape index (κ2) is 8.84. The predicted molar refractivity (Wildman–Crippen MR) is 117 cm³/mol. The first-order valence-corrected chi connectivity index (χ1v) is 11.4. The van der Waals surface area contributed by atoms with Gasteiger partial charge in [-0.05, 0) is 42.0 Å². The molecule has 1 saturated heterocycles. The number of aryl methyl sites for hydroxylation is 1. The number of carbonyl (C=O) groups is 2. The van der Waals surface area contributed by atoms with E-state index in [0.717, 1.165) is 34.8 Å². The number of unbranched alkanes of at least 4 members (excludes halogenated alkanes) is 1. The lowest BCUT2D eigenvalue weighted by molar-refractivity contribution is -0.122. The molecular formula is C21H22N4O2S2. The Balaban J connectivity index is 1.38. The van der Waals surface area contributed by atoms with E-state index in [-0.39, 0.29) is 18.2 Å². The highest BCUT2D eigenvalue weighted by Crippen LogP contribution is 2.31. The van der Waals surface area contributed by atoms with Crippen molar-refractivity contribution in [3.63, 3.8) is 0 Å². The van der Waals surface area contributed by atoms with Gasteiger partial charge in [0, 0.05) is 18.7 Å². The lowest BCUT2D eigenvalue weighted by Gasteiger charge is -2.17. The fourth-order valence-corrected chi connectivity index (χ4v) is 4.88. The third-order valence-corrected chi connectivity index (χ3v) is 6.83. The highest BCUT2D eigenvalue weighted by molar-refractivity contribution is 7.23. The van der Waals surface area contributed by atoms with Crippen LogP contribution in [0, 0.1) is 5.92 Å². The molecule has 1 aromatic carbocycles. The summed E-state index contributed by atoms with van der Waals surface area (Å²) in [5, 5.41) is 14.2. The van der Waals surface area contributed by atoms with E-state index in [1.165, 1.54) is 16.9 Å². The average Bonchev–Trinajstić information content (AvgIpc) is 3.47. The molecule has 150 valence electrons. The summed E-state index contributed by atoms with van der Waals surface area (Å²) in [6.45, 7) is 2.56. The molecule has 0 saturated carbocycles. The number of nitrogens with one attached hydrogen (secondary N) is 1. The van der Waals surface area contributed by atoms with Gasteiger partial charge in [0.15, 0.2) is 5.01 Å². The summed E-state index contributed by atoms with van der Waals surface area (Å²) in [4.78, 5) is 27.9. The van der Waals surface area contributed by atoms with Gasteiger partial charge in [-0.25, -0.2) is 0 Å². The van der Waals surface area contributed by atoms with Crippen LogP contribution in [0.1, 0.15) is 31.7 Å². The number of amides is 2. The van der Waals surface area contributed by atoms with E-state index in [0.29, 0.717) is 11.7 Å². The Labute approximate surface area is 177 Å². The highest BCUT2D eigenvalue weighted by Gasteiger charge is 2.35. The maximum Gasteiger partial charge on any atom is 0.231 e. The van der Waals surface area contributed by atoms with E-state index in [4.69, 9.17) is 0 Å². The van der Waals surface area contributed by atoms with Crippen molar-refractivity contribution in [1.82, 2.24) is 10.2 Å². The van der Waals surface area contributed by atoms with E-state index in [9.17, 15) is 9.59 Å². The Kier molecular flexibility index (Phi) is 6.01. The minimum absolute atomic E-state index is 0.0250. The summed E-state index contributed by atoms with van der Waals surface area (Å²) in [5.41, 5.74) is 2.12. The topological polar surface area (TPSA) is 75.2 Å². The molecule has 0 radical (unpaired) electrons. The molecule has 8 heteroatoms. The van der Waals surface area contributed by atoms with Crippen LogP contribution in [0.25, 0.3) is 9.88 Å². The van der Waals surface area contributed by atoms with Crippen molar-refractivity contribution in [1.29, 1.82) is 0 Å². The summed E-state index contributed by atoms with van der Waals surface area (Å²) in [5.74, 6) is -0.603. The Hall–Kier alpha value is -2.58. The van der Waals surface area contributed by atoms with E-state index in [2.05, 4.69) is 34.6 Å². The molecule has 6 nitrogen and oxygen atoms in total. The first-order chi connectivity index (χ1) is 14.1. The van der Waals surface area contributed by atoms with Crippen molar-refractivity contribution in [2.24, 2.45) is 5.92 Å². The zero-order valence-electron chi connectivity index (χ0n) is 16.1. The van der Waals surface area contributed by atoms with Crippen molar-refractivity contribution in [3.8, 4) is 9.88 Å². The van der Waals surface area contributed by atoms with Crippen LogP contribution in [0.4, 0.5) is 10.8 Å². The van der Waals surface area contributed by atoms with Gasteiger partial charge in [-0.2, -0.15) is 0 Å². The summed E-state index contributed by atoms with van der Waals surface area (Å²) >= 11 is 2.92. The SMILES string of the molecule is CCCCc1ccc(N2CC(C(=O)Nc3nnc(-c4cccs4)s3)CC2=O)cc1. The van der Waals surface area contributed by atoms with Gasteiger partial charge < -0.3 is 10.2 Å². The normalized spacial score (nSPS) is 16.4. The molecule has 2 amide bonds. The van der Waals surface area contributed by atoms with Gasteiger partial charge >= 0.3 is 0 Å². The van der Waals surface area contributed by atoms with Gasteiger partial charge in [-0.1, -0.05) is 42.9 Å². The number of anilines is 2. The molecule has 0 spiro atoms. The van der Waals surface area contributed by atoms with Crippen molar-refractivity contribution in [2.75, 3.05) is 16.8 Å². The van der Waals surface area contributed by atoms with Crippen LogP contribution in [0.3, 0.4) is 0 Å². The quantitative estimate of drug-likeness (QED) is 0.599. The Morgan fingerprint density at radius 1 is 1.24 bits per heavy atom. The van der Waals surface area contributed by atoms with Crippen LogP contribution in [0.5, 0.6) is 0 Å². The number of hydrogen-bond acceptors (Lipinski definition) is 6. The average molecular weight is 427 g/mol. The van der Waals surface area contributed by atoms with Crippen LogP contribution in [-0.2, 0) is 16.0 Å². The van der Waals surface area contributed by atoms with Gasteiger partial charge in [-0.3, -0.25) is 9.59 Å². The standard InChI is InChI=1S/C21H22N4O2S2/c1-2-3-5-14-7-9-16(10-8-14)25-13-15(12-18(25)26)19(27)22-21-24-23-20(29-21)17-6-4-11-28-17/h4,6-11,15H,2-3,5,12-13H2,1H3,(H,22,24,27). The van der Waals surface area contributed by atoms with Gasteiger partial charge in [0.25, 0.3) is 0 Å². The first kappa shape index (κ1) is 19.7. The molecule has 3 aromatic rings. The second-order valence-electron chi connectivity index (χ2n) is 7.05. The van der Waals surface area contributed by atoms with Gasteiger partial charge in [0.05, 0.1) is 10.8 Å². The van der Waals surface area contributed by atoms with Crippen LogP contribution < -0.4 is 10.2 Å². The summed E-state index contributed by atoms with van der Waals surface area (Å²) < 4.78 is 0. The van der Waals surface area contributed by atoms with E-state index in [1.54, 1.807) is 16.2 Å². The van der Waals surface area contributed by atoms with Gasteiger partial charge in [0.1, 0.15) is 0 Å². The Morgan fingerprint density at radius 3 is 2.79 bits per heavy atom. The van der Waals surface area contributed by atoms with Crippen molar-refractivity contribution in [3.05, 3.63) is 47.3 Å². The fourth-order valence-electron chi connectivity index (χ4n) is 3.34. The maximum absolute atomic E-state index is 12.7. The van der Waals surface area contributed by atoms with Crippen molar-refractivity contribution >= 4 is 45.3 Å². The molecule has 4 rings (SSSR count). The largest absolute Gasteiger partial charge is 0.312 e. The number of nitrogens with zero attached hydrogens (tertiary/aromatic N) is 3. The molecule has 29 heavy (non-hydrogen) atoms. The Morgan fingerprint density at radius 2 is 2.07 bits per heavy atom. The number of carbonyl (C=O) groups excluding carboxylic acids is 2. The molecule has 0 aliphatic carbocycles. The van der Waals surface area contributed by atoms with Gasteiger partial charge in [-0.15, -0.1) is 21.5 Å². The van der Waals surface area contributed by atoms with E-state index >= 15 is 0 Å². The van der Waals surface area contributed by atoms with Crippen LogP contribution in [0.2, 0.25) is 0 Å². The zero-order chi connectivity index (χ0) is 20.2. The molecule has 2 aromatic heterocycles. The maximum atomic E-state index is 12.7. The monoisotopic (exact) mass is 426 g/mol. The first-order valence-electron chi connectivity index (χ1n) is 9.71. The van der Waals surface area contributed by atoms with Crippen LogP contribution in [-0.4, -0.2) is 28.6 Å². The van der Waals surface area contributed by atoms with Crippen molar-refractivity contribution < 1.29 is 9.59 Å². The minimum Gasteiger partial charge on any atom is -0.312 e. The summed E-state index contributed by atoms with van der Waals surface area (Å²) in [7, 11) is 0. The third-order valence-electron chi connectivity index (χ3n) is 4.95. The summed E-state index contributed by atoms with van der Waals surface area (Å²) in [6, 6.07) is 12.0. The predicted octanol–water partition coefficient (Wildman–Crippen LogP) is 4.60.